The van der Waals surface area contributed by atoms with Gasteiger partial charge in [0.2, 0.25) is 10.0 Å². The van der Waals surface area contributed by atoms with Crippen molar-refractivity contribution < 1.29 is 18.1 Å². The Morgan fingerprint density at radius 2 is 1.72 bits per heavy atom. The maximum absolute atomic E-state index is 13.0. The molecule has 2 aromatic carbocycles. The zero-order valence-electron chi connectivity index (χ0n) is 18.1. The summed E-state index contributed by atoms with van der Waals surface area (Å²) in [5.74, 6) is -0.313. The van der Waals surface area contributed by atoms with E-state index < -0.39 is 14.9 Å². The van der Waals surface area contributed by atoms with E-state index in [0.717, 1.165) is 24.0 Å². The Kier molecular flexibility index (Phi) is 5.91. The van der Waals surface area contributed by atoms with Crippen LogP contribution in [-0.2, 0) is 10.0 Å². The molecule has 1 saturated heterocycles. The van der Waals surface area contributed by atoms with Crippen molar-refractivity contribution in [3.05, 3.63) is 63.2 Å². The topological polar surface area (TPSA) is 113 Å². The third-order valence-electron chi connectivity index (χ3n) is 6.04. The normalized spacial score (nSPS) is 17.2. The number of benzene rings is 2. The molecule has 1 aliphatic heterocycles. The number of carbonyl (C=O) groups is 1. The van der Waals surface area contributed by atoms with Crippen molar-refractivity contribution >= 4 is 27.3 Å². The monoisotopic (exact) mass is 458 g/mol. The Morgan fingerprint density at radius 3 is 2.31 bits per heavy atom. The van der Waals surface area contributed by atoms with E-state index in [1.807, 2.05) is 13.8 Å². The highest BCUT2D eigenvalue weighted by atomic mass is 32.2. The van der Waals surface area contributed by atoms with Crippen molar-refractivity contribution in [1.29, 1.82) is 0 Å². The third-order valence-corrected chi connectivity index (χ3v) is 7.94. The number of nitrogens with zero attached hydrogens (tertiary/aromatic N) is 3. The molecule has 0 unspecified atom stereocenters. The van der Waals surface area contributed by atoms with Gasteiger partial charge in [-0.2, -0.15) is 4.31 Å². The van der Waals surface area contributed by atoms with Crippen LogP contribution in [0.25, 0.3) is 0 Å². The Morgan fingerprint density at radius 1 is 1.03 bits per heavy atom. The van der Waals surface area contributed by atoms with Crippen molar-refractivity contribution in [2.75, 3.05) is 31.1 Å². The second-order valence-electron chi connectivity index (χ2n) is 8.35. The summed E-state index contributed by atoms with van der Waals surface area (Å²) in [4.78, 5) is 25.5. The Hall–Kier alpha value is -2.98. The number of amides is 1. The lowest BCUT2D eigenvalue weighted by Crippen LogP contribution is -2.48. The molecule has 10 heteroatoms. The van der Waals surface area contributed by atoms with Crippen LogP contribution in [0, 0.1) is 24.0 Å². The van der Waals surface area contributed by atoms with Gasteiger partial charge in [0.15, 0.2) is 0 Å². The molecule has 1 N–H and O–H groups in total. The number of sulfonamides is 1. The van der Waals surface area contributed by atoms with Gasteiger partial charge in [-0.15, -0.1) is 0 Å². The van der Waals surface area contributed by atoms with Crippen molar-refractivity contribution in [1.82, 2.24) is 9.62 Å². The first kappa shape index (κ1) is 22.2. The first-order valence-corrected chi connectivity index (χ1v) is 12.0. The largest absolute Gasteiger partial charge is 0.363 e. The molecule has 0 radical (unpaired) electrons. The van der Waals surface area contributed by atoms with Crippen LogP contribution in [0.2, 0.25) is 0 Å². The average Bonchev–Trinajstić information content (AvgIpc) is 3.59. The second kappa shape index (κ2) is 8.51. The summed E-state index contributed by atoms with van der Waals surface area (Å²) in [5.41, 5.74) is 2.42. The molecule has 4 rings (SSSR count). The molecular weight excluding hydrogens is 432 g/mol. The fourth-order valence-corrected chi connectivity index (χ4v) is 5.28. The number of anilines is 1. The molecule has 9 nitrogen and oxygen atoms in total. The summed E-state index contributed by atoms with van der Waals surface area (Å²) in [5, 5.41) is 14.5. The zero-order chi connectivity index (χ0) is 23.0. The van der Waals surface area contributed by atoms with E-state index >= 15 is 0 Å². The van der Waals surface area contributed by atoms with Crippen LogP contribution in [-0.4, -0.2) is 55.8 Å². The molecule has 1 amide bonds. The highest BCUT2D eigenvalue weighted by Crippen LogP contribution is 2.31. The van der Waals surface area contributed by atoms with E-state index in [0.29, 0.717) is 18.8 Å². The molecule has 170 valence electrons. The molecule has 0 bridgehead atoms. The number of carbonyl (C=O) groups excluding carboxylic acids is 1. The zero-order valence-corrected chi connectivity index (χ0v) is 18.9. The van der Waals surface area contributed by atoms with Gasteiger partial charge < -0.3 is 10.2 Å². The molecule has 0 atom stereocenters. The smallest absolute Gasteiger partial charge is 0.293 e. The van der Waals surface area contributed by atoms with Crippen LogP contribution >= 0.6 is 0 Å². The highest BCUT2D eigenvalue weighted by molar-refractivity contribution is 7.89. The molecule has 1 heterocycles. The second-order valence-corrected chi connectivity index (χ2v) is 10.3. The number of piperazine rings is 1. The van der Waals surface area contributed by atoms with E-state index in [1.54, 1.807) is 35.2 Å². The maximum Gasteiger partial charge on any atom is 0.293 e. The quantitative estimate of drug-likeness (QED) is 0.526. The predicted molar refractivity (Wildman–Crippen MR) is 120 cm³/mol. The SMILES string of the molecule is Cc1ccc(S(=O)(=O)N2CCN(c3ccc(C(=O)NC4CC4)cc3[N+](=O)[O-])CC2)cc1C. The van der Waals surface area contributed by atoms with Gasteiger partial charge in [0.05, 0.1) is 9.82 Å². The summed E-state index contributed by atoms with van der Waals surface area (Å²) in [6, 6.07) is 9.70. The summed E-state index contributed by atoms with van der Waals surface area (Å²) in [7, 11) is -3.64. The van der Waals surface area contributed by atoms with Gasteiger partial charge in [-0.05, 0) is 62.1 Å². The van der Waals surface area contributed by atoms with Crippen LogP contribution in [0.1, 0.15) is 34.3 Å². The van der Waals surface area contributed by atoms with E-state index in [1.165, 1.54) is 10.4 Å². The fourth-order valence-electron chi connectivity index (χ4n) is 3.77. The van der Waals surface area contributed by atoms with E-state index in [2.05, 4.69) is 5.32 Å². The molecule has 0 aromatic heterocycles. The van der Waals surface area contributed by atoms with E-state index in [4.69, 9.17) is 0 Å². The van der Waals surface area contributed by atoms with Crippen LogP contribution in [0.5, 0.6) is 0 Å². The lowest BCUT2D eigenvalue weighted by molar-refractivity contribution is -0.384. The minimum atomic E-state index is -3.64. The number of hydrogen-bond donors (Lipinski definition) is 1. The first-order chi connectivity index (χ1) is 15.2. The van der Waals surface area contributed by atoms with Crippen LogP contribution in [0.15, 0.2) is 41.3 Å². The molecule has 2 fully saturated rings. The predicted octanol–water partition coefficient (Wildman–Crippen LogP) is 2.61. The van der Waals surface area contributed by atoms with Gasteiger partial charge in [0, 0.05) is 43.9 Å². The fraction of sp³-hybridized carbons (Fsp3) is 0.409. The average molecular weight is 459 g/mol. The van der Waals surface area contributed by atoms with Crippen molar-refractivity contribution in [3.63, 3.8) is 0 Å². The highest BCUT2D eigenvalue weighted by Gasteiger charge is 2.31. The Balaban J connectivity index is 1.50. The lowest BCUT2D eigenvalue weighted by atomic mass is 10.1. The number of rotatable bonds is 6. The molecule has 0 spiro atoms. The number of nitro groups is 1. The minimum Gasteiger partial charge on any atom is -0.363 e. The van der Waals surface area contributed by atoms with Gasteiger partial charge in [0.25, 0.3) is 11.6 Å². The molecule has 2 aromatic rings. The summed E-state index contributed by atoms with van der Waals surface area (Å²) >= 11 is 0. The van der Waals surface area contributed by atoms with Gasteiger partial charge in [-0.25, -0.2) is 8.42 Å². The standard InChI is InChI=1S/C22H26N4O5S/c1-15-3-7-19(13-16(15)2)32(30,31)25-11-9-24(10-12-25)20-8-4-17(14-21(20)26(28)29)22(27)23-18-5-6-18/h3-4,7-8,13-14,18H,5-6,9-12H2,1-2H3,(H,23,27). The van der Waals surface area contributed by atoms with Gasteiger partial charge in [-0.1, -0.05) is 6.07 Å². The van der Waals surface area contributed by atoms with Crippen molar-refractivity contribution in [3.8, 4) is 0 Å². The summed E-state index contributed by atoms with van der Waals surface area (Å²) in [6.45, 7) is 4.88. The van der Waals surface area contributed by atoms with Gasteiger partial charge in [0.1, 0.15) is 5.69 Å². The molecule has 1 saturated carbocycles. The Labute approximate surface area is 187 Å². The maximum atomic E-state index is 13.0. The van der Waals surface area contributed by atoms with Crippen LogP contribution in [0.4, 0.5) is 11.4 Å². The summed E-state index contributed by atoms with van der Waals surface area (Å²) < 4.78 is 27.5. The number of nitro benzene ring substituents is 1. The van der Waals surface area contributed by atoms with E-state index in [9.17, 15) is 23.3 Å². The summed E-state index contributed by atoms with van der Waals surface area (Å²) in [6.07, 6.45) is 1.86. The van der Waals surface area contributed by atoms with Crippen molar-refractivity contribution in [2.24, 2.45) is 0 Å². The molecule has 2 aliphatic rings. The van der Waals surface area contributed by atoms with Crippen LogP contribution in [0.3, 0.4) is 0 Å². The van der Waals surface area contributed by atoms with Crippen LogP contribution < -0.4 is 10.2 Å². The molecule has 32 heavy (non-hydrogen) atoms. The molecular formula is C22H26N4O5S. The van der Waals surface area contributed by atoms with Gasteiger partial charge >= 0.3 is 0 Å². The lowest BCUT2D eigenvalue weighted by Gasteiger charge is -2.35. The minimum absolute atomic E-state index is 0.154. The van der Waals surface area contributed by atoms with Gasteiger partial charge in [-0.3, -0.25) is 14.9 Å². The Bertz CT molecular complexity index is 1170. The number of aryl methyl sites for hydroxylation is 2. The first-order valence-electron chi connectivity index (χ1n) is 10.6. The number of nitrogens with one attached hydrogen (secondary N) is 1. The number of hydrogen-bond acceptors (Lipinski definition) is 6. The van der Waals surface area contributed by atoms with E-state index in [-0.39, 0.29) is 41.2 Å². The molecule has 1 aliphatic carbocycles. The third kappa shape index (κ3) is 4.46. The van der Waals surface area contributed by atoms with Crippen molar-refractivity contribution in [2.45, 2.75) is 37.6 Å².